The van der Waals surface area contributed by atoms with E-state index < -0.39 is 9.84 Å². The number of nitrogens with zero attached hydrogens (tertiary/aromatic N) is 1. The van der Waals surface area contributed by atoms with Crippen molar-refractivity contribution in [1.29, 1.82) is 0 Å². The van der Waals surface area contributed by atoms with E-state index in [1.165, 1.54) is 16.5 Å². The average molecular weight is 385 g/mol. The molecule has 2 aromatic carbocycles. The molecule has 0 bridgehead atoms. The van der Waals surface area contributed by atoms with Gasteiger partial charge in [0.25, 0.3) is 0 Å². The molecule has 2 amide bonds. The van der Waals surface area contributed by atoms with Crippen LogP contribution in [0.5, 0.6) is 0 Å². The number of sulfone groups is 1. The van der Waals surface area contributed by atoms with Crippen molar-refractivity contribution in [1.82, 2.24) is 4.90 Å². The van der Waals surface area contributed by atoms with E-state index in [-0.39, 0.29) is 23.0 Å². The van der Waals surface area contributed by atoms with Gasteiger partial charge in [0.2, 0.25) is 0 Å². The third kappa shape index (κ3) is 2.90. The van der Waals surface area contributed by atoms with Crippen LogP contribution in [0.2, 0.25) is 0 Å². The van der Waals surface area contributed by atoms with Crippen molar-refractivity contribution in [3.05, 3.63) is 41.5 Å². The van der Waals surface area contributed by atoms with Gasteiger partial charge in [0.1, 0.15) is 0 Å². The molecule has 1 unspecified atom stereocenters. The van der Waals surface area contributed by atoms with Crippen LogP contribution in [0, 0.1) is 5.41 Å². The summed E-state index contributed by atoms with van der Waals surface area (Å²) in [6.07, 6.45) is 4.57. The first-order valence-corrected chi connectivity index (χ1v) is 11.6. The van der Waals surface area contributed by atoms with Crippen molar-refractivity contribution in [3.63, 3.8) is 0 Å². The number of urea groups is 1. The number of amides is 2. The fraction of sp³-hybridized carbons (Fsp3) is 0.476. The molecule has 1 atom stereocenters. The average Bonchev–Trinajstić information content (AvgIpc) is 3.19. The lowest BCUT2D eigenvalue weighted by Gasteiger charge is -2.39. The Labute approximate surface area is 159 Å². The summed E-state index contributed by atoms with van der Waals surface area (Å²) in [6, 6.07) is 10.3. The van der Waals surface area contributed by atoms with E-state index in [0.29, 0.717) is 19.5 Å². The summed E-state index contributed by atoms with van der Waals surface area (Å²) in [5, 5.41) is 5.49. The third-order valence-electron chi connectivity index (χ3n) is 6.54. The van der Waals surface area contributed by atoms with Crippen molar-refractivity contribution in [2.45, 2.75) is 32.1 Å². The van der Waals surface area contributed by atoms with E-state index in [4.69, 9.17) is 0 Å². The number of anilines is 1. The van der Waals surface area contributed by atoms with E-state index in [0.717, 1.165) is 36.8 Å². The second-order valence-electron chi connectivity index (χ2n) is 8.41. The topological polar surface area (TPSA) is 66.5 Å². The molecule has 0 aromatic heterocycles. The normalized spacial score (nSPS) is 26.0. The molecule has 3 aliphatic rings. The molecular weight excluding hydrogens is 360 g/mol. The van der Waals surface area contributed by atoms with Crippen LogP contribution < -0.4 is 5.32 Å². The van der Waals surface area contributed by atoms with Crippen LogP contribution in [0.4, 0.5) is 10.5 Å². The first-order chi connectivity index (χ1) is 12.9. The summed E-state index contributed by atoms with van der Waals surface area (Å²) in [4.78, 5) is 14.8. The van der Waals surface area contributed by atoms with Crippen LogP contribution in [0.25, 0.3) is 10.8 Å². The van der Waals surface area contributed by atoms with Crippen LogP contribution in [0.3, 0.4) is 0 Å². The lowest BCUT2D eigenvalue weighted by atomic mass is 9.80. The minimum absolute atomic E-state index is 0.114. The van der Waals surface area contributed by atoms with Gasteiger partial charge in [0.15, 0.2) is 9.84 Å². The second-order valence-corrected chi connectivity index (χ2v) is 10.6. The Morgan fingerprint density at radius 3 is 2.67 bits per heavy atom. The van der Waals surface area contributed by atoms with Gasteiger partial charge < -0.3 is 10.2 Å². The lowest BCUT2D eigenvalue weighted by molar-refractivity contribution is 0.130. The van der Waals surface area contributed by atoms with Crippen LogP contribution in [0.1, 0.15) is 30.4 Å². The smallest absolute Gasteiger partial charge is 0.321 e. The summed E-state index contributed by atoms with van der Waals surface area (Å²) < 4.78 is 23.9. The predicted octanol–water partition coefficient (Wildman–Crippen LogP) is 3.37. The van der Waals surface area contributed by atoms with Gasteiger partial charge in [-0.05, 0) is 54.7 Å². The summed E-state index contributed by atoms with van der Waals surface area (Å²) in [6.45, 7) is 1.23. The van der Waals surface area contributed by atoms with Gasteiger partial charge in [-0.15, -0.1) is 0 Å². The summed E-state index contributed by atoms with van der Waals surface area (Å²) in [5.41, 5.74) is 3.32. The van der Waals surface area contributed by atoms with Crippen molar-refractivity contribution >= 4 is 32.3 Å². The molecule has 2 saturated heterocycles. The highest BCUT2D eigenvalue weighted by Gasteiger charge is 2.45. The molecule has 1 spiro atoms. The standard InChI is InChI=1S/C21H24N2O3S/c24-20(23-11-2-9-21(13-23)10-12-27(25,26)14-21)22-18-8-7-16-6-5-15-3-1-4-17(18)19(15)16/h1,3-4,7-8H,2,5-6,9-14H2,(H,22,24). The molecule has 5 rings (SSSR count). The monoisotopic (exact) mass is 384 g/mol. The van der Waals surface area contributed by atoms with Gasteiger partial charge in [-0.25, -0.2) is 13.2 Å². The zero-order valence-electron chi connectivity index (χ0n) is 15.3. The second kappa shape index (κ2) is 5.96. The number of likely N-dealkylation sites (tertiary alicyclic amines) is 1. The fourth-order valence-electron chi connectivity index (χ4n) is 5.24. The SMILES string of the molecule is O=C(Nc1ccc2c3c(cccc13)CC2)N1CCCC2(CCS(=O)(=O)C2)C1. The molecular formula is C21H24N2O3S. The number of hydrogen-bond acceptors (Lipinski definition) is 3. The Bertz CT molecular complexity index is 1040. The van der Waals surface area contributed by atoms with Gasteiger partial charge in [-0.2, -0.15) is 0 Å². The Balaban J connectivity index is 1.39. The predicted molar refractivity (Wildman–Crippen MR) is 107 cm³/mol. The van der Waals surface area contributed by atoms with Gasteiger partial charge in [-0.3, -0.25) is 0 Å². The summed E-state index contributed by atoms with van der Waals surface area (Å²) >= 11 is 0. The lowest BCUT2D eigenvalue weighted by Crippen LogP contribution is -2.48. The number of piperidine rings is 1. The maximum atomic E-state index is 13.0. The van der Waals surface area contributed by atoms with Gasteiger partial charge >= 0.3 is 6.03 Å². The Kier molecular flexibility index (Phi) is 3.76. The number of carbonyl (C=O) groups excluding carboxylic acids is 1. The van der Waals surface area contributed by atoms with Crippen molar-refractivity contribution in [2.75, 3.05) is 29.9 Å². The highest BCUT2D eigenvalue weighted by molar-refractivity contribution is 7.91. The van der Waals surface area contributed by atoms with Crippen LogP contribution in [0.15, 0.2) is 30.3 Å². The minimum atomic E-state index is -2.95. The van der Waals surface area contributed by atoms with E-state index in [2.05, 4.69) is 29.6 Å². The van der Waals surface area contributed by atoms with Crippen LogP contribution in [-0.4, -0.2) is 43.9 Å². The molecule has 1 aliphatic carbocycles. The first kappa shape index (κ1) is 17.0. The Morgan fingerprint density at radius 2 is 1.89 bits per heavy atom. The summed E-state index contributed by atoms with van der Waals surface area (Å²) in [5.74, 6) is 0.488. The number of hydrogen-bond donors (Lipinski definition) is 1. The van der Waals surface area contributed by atoms with Crippen LogP contribution in [-0.2, 0) is 22.7 Å². The van der Waals surface area contributed by atoms with E-state index in [9.17, 15) is 13.2 Å². The maximum absolute atomic E-state index is 13.0. The quantitative estimate of drug-likeness (QED) is 0.820. The molecule has 0 saturated carbocycles. The van der Waals surface area contributed by atoms with Gasteiger partial charge in [-0.1, -0.05) is 24.3 Å². The van der Waals surface area contributed by atoms with Crippen molar-refractivity contribution in [3.8, 4) is 0 Å². The number of rotatable bonds is 1. The molecule has 27 heavy (non-hydrogen) atoms. The van der Waals surface area contributed by atoms with E-state index in [1.54, 1.807) is 0 Å². The summed E-state index contributed by atoms with van der Waals surface area (Å²) in [7, 11) is -2.95. The molecule has 0 radical (unpaired) electrons. The van der Waals surface area contributed by atoms with Crippen molar-refractivity contribution in [2.24, 2.45) is 5.41 Å². The molecule has 2 fully saturated rings. The first-order valence-electron chi connectivity index (χ1n) is 9.75. The molecule has 142 valence electrons. The number of nitrogens with one attached hydrogen (secondary N) is 1. The largest absolute Gasteiger partial charge is 0.324 e. The van der Waals surface area contributed by atoms with Gasteiger partial charge in [0.05, 0.1) is 17.2 Å². The zero-order valence-corrected chi connectivity index (χ0v) is 16.1. The minimum Gasteiger partial charge on any atom is -0.324 e. The molecule has 1 N–H and O–H groups in total. The molecule has 2 aliphatic heterocycles. The van der Waals surface area contributed by atoms with Crippen molar-refractivity contribution < 1.29 is 13.2 Å². The van der Waals surface area contributed by atoms with E-state index in [1.807, 2.05) is 11.0 Å². The zero-order chi connectivity index (χ0) is 18.6. The molecule has 2 heterocycles. The molecule has 2 aromatic rings. The number of benzene rings is 2. The highest BCUT2D eigenvalue weighted by Crippen LogP contribution is 2.40. The fourth-order valence-corrected chi connectivity index (χ4v) is 7.44. The molecule has 5 nitrogen and oxygen atoms in total. The number of carbonyl (C=O) groups is 1. The maximum Gasteiger partial charge on any atom is 0.321 e. The Hall–Kier alpha value is -2.08. The molecule has 6 heteroatoms. The third-order valence-corrected chi connectivity index (χ3v) is 8.41. The Morgan fingerprint density at radius 1 is 1.07 bits per heavy atom. The van der Waals surface area contributed by atoms with Gasteiger partial charge in [0, 0.05) is 23.9 Å². The number of aryl methyl sites for hydroxylation is 2. The highest BCUT2D eigenvalue weighted by atomic mass is 32.2. The van der Waals surface area contributed by atoms with Crippen LogP contribution >= 0.6 is 0 Å². The van der Waals surface area contributed by atoms with E-state index >= 15 is 0 Å².